The quantitative estimate of drug-likeness (QED) is 0.607. The van der Waals surface area contributed by atoms with Crippen LogP contribution in [0.15, 0.2) is 0 Å². The second kappa shape index (κ2) is 4.73. The summed E-state index contributed by atoms with van der Waals surface area (Å²) in [5.41, 5.74) is 0. The van der Waals surface area contributed by atoms with Crippen LogP contribution in [-0.4, -0.2) is 36.2 Å². The van der Waals surface area contributed by atoms with Crippen LogP contribution in [0.25, 0.3) is 0 Å². The molecule has 0 atom stereocenters. The Kier molecular flexibility index (Phi) is 3.87. The third-order valence-corrected chi connectivity index (χ3v) is 2.24. The van der Waals surface area contributed by atoms with Gasteiger partial charge in [0.2, 0.25) is 0 Å². The molecule has 1 fully saturated rings. The summed E-state index contributed by atoms with van der Waals surface area (Å²) in [6.07, 6.45) is 4.97. The molecule has 0 saturated carbocycles. The van der Waals surface area contributed by atoms with E-state index >= 15 is 0 Å². The first kappa shape index (κ1) is 9.01. The van der Waals surface area contributed by atoms with Gasteiger partial charge in [-0.2, -0.15) is 0 Å². The molecule has 1 saturated heterocycles. The minimum absolute atomic E-state index is 1.11. The Bertz CT molecular complexity index is 97.7. The summed E-state index contributed by atoms with van der Waals surface area (Å²) < 4.78 is 0. The van der Waals surface area contributed by atoms with Crippen LogP contribution < -0.4 is 0 Å². The molecule has 11 heavy (non-hydrogen) atoms. The lowest BCUT2D eigenvalue weighted by Gasteiger charge is -2.29. The van der Waals surface area contributed by atoms with Gasteiger partial charge in [-0.3, -0.25) is 0 Å². The van der Waals surface area contributed by atoms with Gasteiger partial charge >= 0.3 is 0 Å². The Hall–Kier alpha value is -0.0800. The summed E-state index contributed by atoms with van der Waals surface area (Å²) in [5.74, 6) is 0. The standard InChI is InChI=1S/C9H19N2/c1-3-7-10(4-2)11-8-5-6-9-11/h3H,4-9H2,1-2H3. The zero-order valence-corrected chi connectivity index (χ0v) is 7.71. The number of hydrogen-bond acceptors (Lipinski definition) is 2. The monoisotopic (exact) mass is 155 g/mol. The number of nitrogens with zero attached hydrogens (tertiary/aromatic N) is 2. The van der Waals surface area contributed by atoms with Crippen LogP contribution in [0.1, 0.15) is 26.7 Å². The van der Waals surface area contributed by atoms with Gasteiger partial charge in [-0.1, -0.05) is 13.8 Å². The van der Waals surface area contributed by atoms with Crippen LogP contribution >= 0.6 is 0 Å². The molecule has 0 aromatic heterocycles. The Morgan fingerprint density at radius 1 is 1.36 bits per heavy atom. The predicted molar refractivity (Wildman–Crippen MR) is 48.0 cm³/mol. The molecule has 1 aliphatic rings. The average molecular weight is 155 g/mol. The van der Waals surface area contributed by atoms with E-state index in [0.717, 1.165) is 13.1 Å². The lowest BCUT2D eigenvalue weighted by Crippen LogP contribution is -2.41. The third-order valence-electron chi connectivity index (χ3n) is 2.24. The molecular formula is C9H19N2. The molecule has 0 amide bonds. The third kappa shape index (κ3) is 2.46. The molecule has 0 unspecified atom stereocenters. The highest BCUT2D eigenvalue weighted by Crippen LogP contribution is 2.10. The van der Waals surface area contributed by atoms with Crippen molar-refractivity contribution in [3.63, 3.8) is 0 Å². The molecule has 2 heteroatoms. The van der Waals surface area contributed by atoms with Gasteiger partial charge < -0.3 is 0 Å². The Morgan fingerprint density at radius 2 is 2.00 bits per heavy atom. The maximum atomic E-state index is 2.47. The van der Waals surface area contributed by atoms with Gasteiger partial charge in [-0.25, -0.2) is 10.0 Å². The molecule has 1 rings (SSSR count). The maximum absolute atomic E-state index is 2.47. The van der Waals surface area contributed by atoms with Crippen molar-refractivity contribution in [2.45, 2.75) is 26.7 Å². The van der Waals surface area contributed by atoms with Crippen molar-refractivity contribution in [2.75, 3.05) is 26.2 Å². The van der Waals surface area contributed by atoms with Crippen molar-refractivity contribution in [3.8, 4) is 0 Å². The first-order valence-corrected chi connectivity index (χ1v) is 4.66. The average Bonchev–Trinajstić information content (AvgIpc) is 2.52. The summed E-state index contributed by atoms with van der Waals surface area (Å²) in [4.78, 5) is 0. The van der Waals surface area contributed by atoms with Gasteiger partial charge in [-0.05, 0) is 19.3 Å². The smallest absolute Gasteiger partial charge is 0.0161 e. The summed E-state index contributed by atoms with van der Waals surface area (Å²) in [6.45, 7) is 9.13. The van der Waals surface area contributed by atoms with Crippen molar-refractivity contribution >= 4 is 0 Å². The zero-order valence-electron chi connectivity index (χ0n) is 7.71. The summed E-state index contributed by atoms with van der Waals surface area (Å²) in [5, 5.41) is 4.90. The molecule has 1 radical (unpaired) electrons. The van der Waals surface area contributed by atoms with Crippen LogP contribution in [0, 0.1) is 6.42 Å². The molecule has 0 bridgehead atoms. The van der Waals surface area contributed by atoms with Crippen LogP contribution in [-0.2, 0) is 0 Å². The Labute approximate surface area is 70.1 Å². The van der Waals surface area contributed by atoms with Gasteiger partial charge in [0.05, 0.1) is 0 Å². The minimum atomic E-state index is 1.11. The largest absolute Gasteiger partial charge is 0.242 e. The van der Waals surface area contributed by atoms with E-state index in [2.05, 4.69) is 30.3 Å². The van der Waals surface area contributed by atoms with Crippen LogP contribution in [0.4, 0.5) is 0 Å². The topological polar surface area (TPSA) is 6.48 Å². The van der Waals surface area contributed by atoms with Crippen molar-refractivity contribution in [1.29, 1.82) is 0 Å². The van der Waals surface area contributed by atoms with Gasteiger partial charge in [-0.15, -0.1) is 0 Å². The number of hydrogen-bond donors (Lipinski definition) is 0. The minimum Gasteiger partial charge on any atom is -0.242 e. The molecule has 0 aromatic carbocycles. The van der Waals surface area contributed by atoms with Gasteiger partial charge in [0.15, 0.2) is 0 Å². The first-order chi connectivity index (χ1) is 5.38. The van der Waals surface area contributed by atoms with Crippen LogP contribution in [0.2, 0.25) is 0 Å². The van der Waals surface area contributed by atoms with E-state index in [1.807, 2.05) is 0 Å². The van der Waals surface area contributed by atoms with Crippen LogP contribution in [0.3, 0.4) is 0 Å². The van der Waals surface area contributed by atoms with Crippen molar-refractivity contribution in [3.05, 3.63) is 6.42 Å². The van der Waals surface area contributed by atoms with Crippen molar-refractivity contribution in [1.82, 2.24) is 10.0 Å². The van der Waals surface area contributed by atoms with E-state index in [4.69, 9.17) is 0 Å². The maximum Gasteiger partial charge on any atom is 0.0161 e. The SMILES string of the molecule is C[CH]CN(CC)N1CCCC1. The fraction of sp³-hybridized carbons (Fsp3) is 0.889. The number of hydrazine groups is 1. The lowest BCUT2D eigenvalue weighted by molar-refractivity contribution is 0.0104. The molecule has 0 aromatic rings. The van der Waals surface area contributed by atoms with Crippen molar-refractivity contribution in [2.24, 2.45) is 0 Å². The Morgan fingerprint density at radius 3 is 2.45 bits per heavy atom. The molecule has 0 N–H and O–H groups in total. The van der Waals surface area contributed by atoms with E-state index in [9.17, 15) is 0 Å². The molecule has 0 spiro atoms. The van der Waals surface area contributed by atoms with E-state index in [-0.39, 0.29) is 0 Å². The second-order valence-corrected chi connectivity index (χ2v) is 3.07. The number of rotatable bonds is 4. The Balaban J connectivity index is 2.27. The first-order valence-electron chi connectivity index (χ1n) is 4.66. The fourth-order valence-corrected chi connectivity index (χ4v) is 1.64. The molecular weight excluding hydrogens is 136 g/mol. The van der Waals surface area contributed by atoms with E-state index in [0.29, 0.717) is 0 Å². The highest BCUT2D eigenvalue weighted by molar-refractivity contribution is 4.68. The molecule has 1 heterocycles. The van der Waals surface area contributed by atoms with E-state index in [1.165, 1.54) is 25.9 Å². The zero-order chi connectivity index (χ0) is 8.10. The predicted octanol–water partition coefficient (Wildman–Crippen LogP) is 1.54. The molecule has 2 nitrogen and oxygen atoms in total. The molecule has 0 aliphatic carbocycles. The molecule has 1 aliphatic heterocycles. The van der Waals surface area contributed by atoms with Crippen LogP contribution in [0.5, 0.6) is 0 Å². The van der Waals surface area contributed by atoms with Gasteiger partial charge in [0.25, 0.3) is 0 Å². The summed E-state index contributed by atoms with van der Waals surface area (Å²) in [7, 11) is 0. The normalized spacial score (nSPS) is 19.9. The summed E-state index contributed by atoms with van der Waals surface area (Å²) in [6, 6.07) is 0. The molecule has 65 valence electrons. The van der Waals surface area contributed by atoms with E-state index < -0.39 is 0 Å². The second-order valence-electron chi connectivity index (χ2n) is 3.07. The van der Waals surface area contributed by atoms with E-state index in [1.54, 1.807) is 0 Å². The lowest BCUT2D eigenvalue weighted by atomic mass is 10.4. The van der Waals surface area contributed by atoms with Gasteiger partial charge in [0, 0.05) is 26.2 Å². The summed E-state index contributed by atoms with van der Waals surface area (Å²) >= 11 is 0. The van der Waals surface area contributed by atoms with Crippen molar-refractivity contribution < 1.29 is 0 Å². The van der Waals surface area contributed by atoms with Gasteiger partial charge in [0.1, 0.15) is 0 Å². The fourth-order valence-electron chi connectivity index (χ4n) is 1.64. The highest BCUT2D eigenvalue weighted by atomic mass is 15.6. The highest BCUT2D eigenvalue weighted by Gasteiger charge is 2.16.